The second kappa shape index (κ2) is 6.62. The van der Waals surface area contributed by atoms with Crippen LogP contribution in [0.2, 0.25) is 5.02 Å². The topological polar surface area (TPSA) is 46.2 Å². The second-order valence-corrected chi connectivity index (χ2v) is 7.51. The number of hydrogen-bond donors (Lipinski definition) is 1. The van der Waals surface area contributed by atoms with E-state index in [-0.39, 0.29) is 17.9 Å². The first kappa shape index (κ1) is 16.7. The Morgan fingerprint density at radius 1 is 1.14 bits per heavy atom. The quantitative estimate of drug-likeness (QED) is 0.897. The maximum absolute atomic E-state index is 13.6. The molecule has 1 N–H and O–H groups in total. The molecule has 22 heavy (non-hydrogen) atoms. The molecule has 0 aromatic heterocycles. The summed E-state index contributed by atoms with van der Waals surface area (Å²) in [6.07, 6.45) is 1.12. The minimum Gasteiger partial charge on any atom is -0.381 e. The van der Waals surface area contributed by atoms with Crippen LogP contribution in [0.25, 0.3) is 0 Å². The fourth-order valence-electron chi connectivity index (χ4n) is 2.00. The van der Waals surface area contributed by atoms with Crippen LogP contribution in [0.5, 0.6) is 0 Å². The molecule has 0 fully saturated rings. The van der Waals surface area contributed by atoms with Crippen LogP contribution in [0, 0.1) is 11.6 Å². The summed E-state index contributed by atoms with van der Waals surface area (Å²) in [7, 11) is -3.23. The standard InChI is InChI=1S/C15H14ClF2NO2S/c1-22(20,21)9-11-5-6-12(16)7-14(11)19-8-10-3-2-4-13(17)15(10)18/h2-7,19H,8-9H2,1H3. The summed E-state index contributed by atoms with van der Waals surface area (Å²) in [6.45, 7) is 0.0146. The number of rotatable bonds is 5. The number of benzene rings is 2. The van der Waals surface area contributed by atoms with Crippen LogP contribution >= 0.6 is 11.6 Å². The molecular formula is C15H14ClF2NO2S. The van der Waals surface area contributed by atoms with Crippen LogP contribution < -0.4 is 5.32 Å². The fraction of sp³-hybridized carbons (Fsp3) is 0.200. The lowest BCUT2D eigenvalue weighted by atomic mass is 10.1. The average molecular weight is 346 g/mol. The molecule has 0 aliphatic heterocycles. The summed E-state index contributed by atoms with van der Waals surface area (Å²) >= 11 is 5.90. The lowest BCUT2D eigenvalue weighted by molar-refractivity contribution is 0.500. The van der Waals surface area contributed by atoms with E-state index in [1.54, 1.807) is 18.2 Å². The van der Waals surface area contributed by atoms with Gasteiger partial charge in [0.15, 0.2) is 21.5 Å². The molecule has 7 heteroatoms. The van der Waals surface area contributed by atoms with Crippen molar-refractivity contribution in [3.63, 3.8) is 0 Å². The summed E-state index contributed by atoms with van der Waals surface area (Å²) in [5.41, 5.74) is 1.13. The molecular weight excluding hydrogens is 332 g/mol. The molecule has 0 amide bonds. The molecule has 0 bridgehead atoms. The predicted molar refractivity (Wildman–Crippen MR) is 83.7 cm³/mol. The van der Waals surface area contributed by atoms with Gasteiger partial charge in [-0.05, 0) is 23.8 Å². The molecule has 0 saturated heterocycles. The van der Waals surface area contributed by atoms with Gasteiger partial charge in [0, 0.05) is 29.1 Å². The molecule has 118 valence electrons. The minimum absolute atomic E-state index is 0.0146. The molecule has 0 spiro atoms. The maximum Gasteiger partial charge on any atom is 0.163 e. The first-order chi connectivity index (χ1) is 10.3. The van der Waals surface area contributed by atoms with E-state index in [2.05, 4.69) is 5.32 Å². The highest BCUT2D eigenvalue weighted by atomic mass is 35.5. The van der Waals surface area contributed by atoms with Gasteiger partial charge in [0.2, 0.25) is 0 Å². The summed E-state index contributed by atoms with van der Waals surface area (Å²) in [4.78, 5) is 0. The molecule has 0 heterocycles. The smallest absolute Gasteiger partial charge is 0.163 e. The third-order valence-corrected chi connectivity index (χ3v) is 4.06. The Hall–Kier alpha value is -1.66. The molecule has 2 rings (SSSR count). The number of hydrogen-bond acceptors (Lipinski definition) is 3. The second-order valence-electron chi connectivity index (χ2n) is 4.94. The van der Waals surface area contributed by atoms with E-state index < -0.39 is 21.5 Å². The van der Waals surface area contributed by atoms with Crippen LogP contribution in [0.3, 0.4) is 0 Å². The zero-order valence-electron chi connectivity index (χ0n) is 11.7. The van der Waals surface area contributed by atoms with Crippen LogP contribution in [0.1, 0.15) is 11.1 Å². The third-order valence-electron chi connectivity index (χ3n) is 2.99. The number of nitrogens with one attached hydrogen (secondary N) is 1. The molecule has 2 aromatic rings. The van der Waals surface area contributed by atoms with Gasteiger partial charge in [0.05, 0.1) is 5.75 Å². The van der Waals surface area contributed by atoms with E-state index in [1.165, 1.54) is 12.1 Å². The molecule has 0 radical (unpaired) electrons. The molecule has 0 aliphatic rings. The van der Waals surface area contributed by atoms with Gasteiger partial charge < -0.3 is 5.32 Å². The highest BCUT2D eigenvalue weighted by molar-refractivity contribution is 7.89. The normalized spacial score (nSPS) is 11.5. The minimum atomic E-state index is -3.23. The molecule has 2 aromatic carbocycles. The van der Waals surface area contributed by atoms with E-state index in [9.17, 15) is 17.2 Å². The number of sulfone groups is 1. The van der Waals surface area contributed by atoms with Crippen molar-refractivity contribution in [2.75, 3.05) is 11.6 Å². The Morgan fingerprint density at radius 2 is 1.86 bits per heavy atom. The first-order valence-electron chi connectivity index (χ1n) is 6.39. The average Bonchev–Trinajstić information content (AvgIpc) is 2.42. The van der Waals surface area contributed by atoms with E-state index in [0.29, 0.717) is 16.3 Å². The van der Waals surface area contributed by atoms with E-state index in [1.807, 2.05) is 0 Å². The summed E-state index contributed by atoms with van der Waals surface area (Å²) in [5.74, 6) is -2.03. The number of halogens is 3. The van der Waals surface area contributed by atoms with E-state index in [4.69, 9.17) is 11.6 Å². The summed E-state index contributed by atoms with van der Waals surface area (Å²) in [6, 6.07) is 8.62. The highest BCUT2D eigenvalue weighted by Crippen LogP contribution is 2.24. The lowest BCUT2D eigenvalue weighted by Crippen LogP contribution is -2.08. The van der Waals surface area contributed by atoms with E-state index >= 15 is 0 Å². The molecule has 0 atom stereocenters. The SMILES string of the molecule is CS(=O)(=O)Cc1ccc(Cl)cc1NCc1cccc(F)c1F. The van der Waals surface area contributed by atoms with Crippen molar-refractivity contribution in [1.82, 2.24) is 0 Å². The monoisotopic (exact) mass is 345 g/mol. The van der Waals surface area contributed by atoms with Crippen LogP contribution in [-0.4, -0.2) is 14.7 Å². The van der Waals surface area contributed by atoms with E-state index in [0.717, 1.165) is 12.3 Å². The molecule has 0 aliphatic carbocycles. The van der Waals surface area contributed by atoms with Crippen LogP contribution in [0.15, 0.2) is 36.4 Å². The lowest BCUT2D eigenvalue weighted by Gasteiger charge is -2.13. The van der Waals surface area contributed by atoms with Gasteiger partial charge in [0.25, 0.3) is 0 Å². The Morgan fingerprint density at radius 3 is 2.55 bits per heavy atom. The van der Waals surface area contributed by atoms with Gasteiger partial charge in [-0.2, -0.15) is 0 Å². The van der Waals surface area contributed by atoms with Crippen molar-refractivity contribution in [3.05, 3.63) is 64.2 Å². The first-order valence-corrected chi connectivity index (χ1v) is 8.83. The highest BCUT2D eigenvalue weighted by Gasteiger charge is 2.12. The molecule has 3 nitrogen and oxygen atoms in total. The van der Waals surface area contributed by atoms with Crippen molar-refractivity contribution in [2.45, 2.75) is 12.3 Å². The van der Waals surface area contributed by atoms with Gasteiger partial charge in [-0.15, -0.1) is 0 Å². The molecule has 0 saturated carbocycles. The van der Waals surface area contributed by atoms with Gasteiger partial charge >= 0.3 is 0 Å². The van der Waals surface area contributed by atoms with Gasteiger partial charge in [-0.25, -0.2) is 17.2 Å². The Kier molecular flexibility index (Phi) is 5.03. The predicted octanol–water partition coefficient (Wildman–Crippen LogP) is 3.77. The van der Waals surface area contributed by atoms with Gasteiger partial charge in [-0.1, -0.05) is 29.8 Å². The third kappa shape index (κ3) is 4.42. The van der Waals surface area contributed by atoms with Crippen molar-refractivity contribution < 1.29 is 17.2 Å². The Bertz CT molecular complexity index is 794. The number of anilines is 1. The van der Waals surface area contributed by atoms with Crippen molar-refractivity contribution in [3.8, 4) is 0 Å². The summed E-state index contributed by atoms with van der Waals surface area (Å²) < 4.78 is 49.7. The molecule has 0 unspecified atom stereocenters. The van der Waals surface area contributed by atoms with Crippen LogP contribution in [-0.2, 0) is 22.1 Å². The Balaban J connectivity index is 2.25. The zero-order valence-corrected chi connectivity index (χ0v) is 13.3. The fourth-order valence-corrected chi connectivity index (χ4v) is 2.99. The maximum atomic E-state index is 13.6. The van der Waals surface area contributed by atoms with Gasteiger partial charge in [0.1, 0.15) is 0 Å². The largest absolute Gasteiger partial charge is 0.381 e. The Labute approximate surface area is 132 Å². The zero-order chi connectivity index (χ0) is 16.3. The van der Waals surface area contributed by atoms with Gasteiger partial charge in [-0.3, -0.25) is 0 Å². The van der Waals surface area contributed by atoms with Crippen LogP contribution in [0.4, 0.5) is 14.5 Å². The van der Waals surface area contributed by atoms with Crippen molar-refractivity contribution in [2.24, 2.45) is 0 Å². The summed E-state index contributed by atoms with van der Waals surface area (Å²) in [5, 5.41) is 3.32. The van der Waals surface area contributed by atoms with Crippen molar-refractivity contribution in [1.29, 1.82) is 0 Å². The van der Waals surface area contributed by atoms with Crippen molar-refractivity contribution >= 4 is 27.1 Å².